The molecule has 0 aliphatic heterocycles. The summed E-state index contributed by atoms with van der Waals surface area (Å²) in [6, 6.07) is 3.76. The highest BCUT2D eigenvalue weighted by atomic mass is 32.1. The Morgan fingerprint density at radius 3 is 2.91 bits per heavy atom. The molecular weight excluding hydrogens is 310 g/mol. The lowest BCUT2D eigenvalue weighted by atomic mass is 10.1. The highest BCUT2D eigenvalue weighted by Gasteiger charge is 2.28. The van der Waals surface area contributed by atoms with Crippen LogP contribution < -0.4 is 5.32 Å². The van der Waals surface area contributed by atoms with Crippen molar-refractivity contribution in [3.63, 3.8) is 0 Å². The molecule has 7 heteroatoms. The Morgan fingerprint density at radius 1 is 1.48 bits per heavy atom. The molecule has 1 amide bonds. The van der Waals surface area contributed by atoms with Gasteiger partial charge in [-0.05, 0) is 55.3 Å². The lowest BCUT2D eigenvalue weighted by Gasteiger charge is -2.07. The number of nitrogens with zero attached hydrogens (tertiary/aromatic N) is 3. The van der Waals surface area contributed by atoms with E-state index in [1.165, 1.54) is 12.8 Å². The van der Waals surface area contributed by atoms with Crippen molar-refractivity contribution >= 4 is 23.7 Å². The summed E-state index contributed by atoms with van der Waals surface area (Å²) in [6.45, 7) is 3.06. The van der Waals surface area contributed by atoms with Crippen molar-refractivity contribution in [2.24, 2.45) is 0 Å². The minimum absolute atomic E-state index is 0.109. The number of nitrogens with one attached hydrogen (secondary N) is 2. The molecule has 0 saturated heterocycles. The fraction of sp³-hybridized carbons (Fsp3) is 0.375. The highest BCUT2D eigenvalue weighted by Crippen LogP contribution is 2.38. The summed E-state index contributed by atoms with van der Waals surface area (Å²) in [6.07, 6.45) is 7.36. The number of hydrogen-bond acceptors (Lipinski definition) is 4. The van der Waals surface area contributed by atoms with Gasteiger partial charge in [0.25, 0.3) is 0 Å². The molecule has 2 aromatic heterocycles. The van der Waals surface area contributed by atoms with Crippen LogP contribution in [0.2, 0.25) is 0 Å². The predicted octanol–water partition coefficient (Wildman–Crippen LogP) is 2.43. The number of carbonyl (C=O) groups excluding carboxylic acids is 1. The molecule has 1 saturated carbocycles. The third-order valence-electron chi connectivity index (χ3n) is 3.85. The van der Waals surface area contributed by atoms with Gasteiger partial charge in [0.15, 0.2) is 4.77 Å². The molecule has 0 spiro atoms. The van der Waals surface area contributed by atoms with Gasteiger partial charge >= 0.3 is 0 Å². The van der Waals surface area contributed by atoms with E-state index >= 15 is 0 Å². The standard InChI is InChI=1S/C16H19N5OS/c1-11(12-4-6-17-7-5-12)10-14(22)18-8-9-21-15(13-2-3-13)19-20-16(21)23/h4-7,10,13H,2-3,8-9H2,1H3,(H,18,22)(H,20,23). The molecule has 1 aliphatic rings. The van der Waals surface area contributed by atoms with Gasteiger partial charge in [-0.2, -0.15) is 5.10 Å². The Bertz CT molecular complexity index is 773. The largest absolute Gasteiger partial charge is 0.351 e. The van der Waals surface area contributed by atoms with Crippen molar-refractivity contribution in [3.8, 4) is 0 Å². The van der Waals surface area contributed by atoms with E-state index in [2.05, 4.69) is 20.5 Å². The van der Waals surface area contributed by atoms with Crippen LogP contribution in [-0.4, -0.2) is 32.2 Å². The predicted molar refractivity (Wildman–Crippen MR) is 90.3 cm³/mol. The maximum absolute atomic E-state index is 12.0. The molecule has 0 radical (unpaired) electrons. The number of allylic oxidation sites excluding steroid dienone is 1. The minimum Gasteiger partial charge on any atom is -0.351 e. The summed E-state index contributed by atoms with van der Waals surface area (Å²) in [7, 11) is 0. The topological polar surface area (TPSA) is 75.6 Å². The molecule has 2 N–H and O–H groups in total. The van der Waals surface area contributed by atoms with Gasteiger partial charge in [-0.25, -0.2) is 0 Å². The molecule has 23 heavy (non-hydrogen) atoms. The molecule has 0 aromatic carbocycles. The molecule has 3 rings (SSSR count). The van der Waals surface area contributed by atoms with Crippen molar-refractivity contribution in [3.05, 3.63) is 46.8 Å². The van der Waals surface area contributed by atoms with Crippen LogP contribution in [-0.2, 0) is 11.3 Å². The van der Waals surface area contributed by atoms with E-state index in [-0.39, 0.29) is 5.91 Å². The van der Waals surface area contributed by atoms with Crippen LogP contribution in [0.15, 0.2) is 30.6 Å². The van der Waals surface area contributed by atoms with E-state index in [1.54, 1.807) is 18.5 Å². The maximum Gasteiger partial charge on any atom is 0.244 e. The molecule has 1 aliphatic carbocycles. The number of rotatable bonds is 6. The quantitative estimate of drug-likeness (QED) is 0.630. The van der Waals surface area contributed by atoms with E-state index in [0.717, 1.165) is 17.0 Å². The fourth-order valence-electron chi connectivity index (χ4n) is 2.44. The van der Waals surface area contributed by atoms with Gasteiger partial charge in [-0.1, -0.05) is 0 Å². The minimum atomic E-state index is -0.109. The fourth-order valence-corrected chi connectivity index (χ4v) is 2.67. The first-order valence-electron chi connectivity index (χ1n) is 7.67. The monoisotopic (exact) mass is 329 g/mol. The van der Waals surface area contributed by atoms with Crippen molar-refractivity contribution in [2.45, 2.75) is 32.2 Å². The first-order chi connectivity index (χ1) is 11.1. The van der Waals surface area contributed by atoms with E-state index in [0.29, 0.717) is 23.8 Å². The summed E-state index contributed by atoms with van der Waals surface area (Å²) in [5.74, 6) is 1.42. The Kier molecular flexibility index (Phi) is 4.66. The van der Waals surface area contributed by atoms with Crippen LogP contribution in [0.5, 0.6) is 0 Å². The van der Waals surface area contributed by atoms with Crippen LogP contribution >= 0.6 is 12.2 Å². The third-order valence-corrected chi connectivity index (χ3v) is 4.16. The zero-order chi connectivity index (χ0) is 16.2. The highest BCUT2D eigenvalue weighted by molar-refractivity contribution is 7.71. The van der Waals surface area contributed by atoms with E-state index < -0.39 is 0 Å². The van der Waals surface area contributed by atoms with Crippen LogP contribution in [0.3, 0.4) is 0 Å². The number of hydrogen-bond donors (Lipinski definition) is 2. The zero-order valence-corrected chi connectivity index (χ0v) is 13.8. The van der Waals surface area contributed by atoms with Gasteiger partial charge in [0.2, 0.25) is 5.91 Å². The zero-order valence-electron chi connectivity index (χ0n) is 13.0. The Morgan fingerprint density at radius 2 is 2.22 bits per heavy atom. The summed E-state index contributed by atoms with van der Waals surface area (Å²) >= 11 is 5.25. The molecule has 6 nitrogen and oxygen atoms in total. The Labute approximate surface area is 139 Å². The number of aromatic nitrogens is 4. The normalized spacial score (nSPS) is 14.7. The smallest absolute Gasteiger partial charge is 0.244 e. The molecular formula is C16H19N5OS. The van der Waals surface area contributed by atoms with Crippen LogP contribution in [0, 0.1) is 4.77 Å². The van der Waals surface area contributed by atoms with Crippen LogP contribution in [0.25, 0.3) is 5.57 Å². The van der Waals surface area contributed by atoms with Crippen LogP contribution in [0.4, 0.5) is 0 Å². The lowest BCUT2D eigenvalue weighted by Crippen LogP contribution is -2.26. The Balaban J connectivity index is 1.56. The first-order valence-corrected chi connectivity index (χ1v) is 8.07. The van der Waals surface area contributed by atoms with Gasteiger partial charge in [0, 0.05) is 37.5 Å². The van der Waals surface area contributed by atoms with Crippen LogP contribution in [0.1, 0.15) is 37.1 Å². The number of pyridine rings is 1. The summed E-state index contributed by atoms with van der Waals surface area (Å²) in [4.78, 5) is 16.0. The van der Waals surface area contributed by atoms with Gasteiger partial charge in [0.1, 0.15) is 5.82 Å². The first kappa shape index (κ1) is 15.6. The number of aromatic amines is 1. The summed E-state index contributed by atoms with van der Waals surface area (Å²) in [5.41, 5.74) is 1.90. The second-order valence-electron chi connectivity index (χ2n) is 5.67. The van der Waals surface area contributed by atoms with Crippen molar-refractivity contribution in [1.29, 1.82) is 0 Å². The average Bonchev–Trinajstić information content (AvgIpc) is 3.33. The molecule has 0 unspecified atom stereocenters. The number of H-pyrrole nitrogens is 1. The maximum atomic E-state index is 12.0. The molecule has 0 atom stereocenters. The summed E-state index contributed by atoms with van der Waals surface area (Å²) in [5, 5.41) is 10.0. The number of carbonyl (C=O) groups is 1. The Hall–Kier alpha value is -2.28. The molecule has 1 fully saturated rings. The molecule has 2 aromatic rings. The SMILES string of the molecule is CC(=CC(=O)NCCn1c(C2CC2)n[nH]c1=S)c1ccncc1. The molecule has 2 heterocycles. The van der Waals surface area contributed by atoms with E-state index in [9.17, 15) is 4.79 Å². The molecule has 0 bridgehead atoms. The summed E-state index contributed by atoms with van der Waals surface area (Å²) < 4.78 is 2.59. The second-order valence-corrected chi connectivity index (χ2v) is 6.05. The molecule has 120 valence electrons. The van der Waals surface area contributed by atoms with Crippen molar-refractivity contribution in [2.75, 3.05) is 6.54 Å². The second kappa shape index (κ2) is 6.87. The van der Waals surface area contributed by atoms with Crippen molar-refractivity contribution < 1.29 is 4.79 Å². The van der Waals surface area contributed by atoms with Gasteiger partial charge in [-0.15, -0.1) is 0 Å². The lowest BCUT2D eigenvalue weighted by molar-refractivity contribution is -0.116. The van der Waals surface area contributed by atoms with Gasteiger partial charge < -0.3 is 9.88 Å². The van der Waals surface area contributed by atoms with E-state index in [4.69, 9.17) is 12.2 Å². The average molecular weight is 329 g/mol. The van der Waals surface area contributed by atoms with Gasteiger partial charge in [-0.3, -0.25) is 14.9 Å². The van der Waals surface area contributed by atoms with E-state index in [1.807, 2.05) is 23.6 Å². The third kappa shape index (κ3) is 3.92. The van der Waals surface area contributed by atoms with Gasteiger partial charge in [0.05, 0.1) is 0 Å². The number of amides is 1. The van der Waals surface area contributed by atoms with Crippen molar-refractivity contribution in [1.82, 2.24) is 25.1 Å².